The van der Waals surface area contributed by atoms with Crippen LogP contribution >= 0.6 is 0 Å². The van der Waals surface area contributed by atoms with Gasteiger partial charge in [-0.2, -0.15) is 0 Å². The van der Waals surface area contributed by atoms with Crippen molar-refractivity contribution in [3.8, 4) is 0 Å². The number of carbonyl (C=O) groups excluding carboxylic acids is 3. The van der Waals surface area contributed by atoms with E-state index >= 15 is 0 Å². The smallest absolute Gasteiger partial charge is 0.303 e. The number of carbonyl (C=O) groups is 3. The van der Waals surface area contributed by atoms with Gasteiger partial charge < -0.3 is 29.4 Å². The number of aliphatic hydroxyl groups excluding tert-OH is 1. The zero-order chi connectivity index (χ0) is 16.9. The first kappa shape index (κ1) is 18.3. The molecule has 0 unspecified atom stereocenters. The Morgan fingerprint density at radius 2 is 1.77 bits per heavy atom. The molecular weight excluding hydrogens is 298 g/mol. The minimum Gasteiger partial charge on any atom is -0.463 e. The average Bonchev–Trinajstić information content (AvgIpc) is 2.39. The molecule has 0 bridgehead atoms. The van der Waals surface area contributed by atoms with Crippen molar-refractivity contribution in [2.75, 3.05) is 13.7 Å². The lowest BCUT2D eigenvalue weighted by atomic mass is 9.96. The zero-order valence-electron chi connectivity index (χ0n) is 12.9. The number of amides is 1. The van der Waals surface area contributed by atoms with Gasteiger partial charge in [0.15, 0.2) is 12.4 Å². The highest BCUT2D eigenvalue weighted by Gasteiger charge is 2.48. The van der Waals surface area contributed by atoms with E-state index in [9.17, 15) is 19.5 Å². The highest BCUT2D eigenvalue weighted by molar-refractivity contribution is 5.73. The standard InChI is InChI=1S/C13H21NO8/c1-6(15)14-10-12(21-8(3)17)11(19-4)9(22-13(10)18)5-20-7(2)16/h9-13,18H,5H2,1-4H3,(H,14,15)/t9-,10-,11+,12-,13+/m1/s1. The molecule has 126 valence electrons. The van der Waals surface area contributed by atoms with E-state index in [0.717, 1.165) is 0 Å². The molecule has 1 amide bonds. The normalized spacial score (nSPS) is 31.2. The van der Waals surface area contributed by atoms with Crippen molar-refractivity contribution in [1.82, 2.24) is 5.32 Å². The molecular formula is C13H21NO8. The predicted octanol–water partition coefficient (Wildman–Crippen LogP) is -1.28. The average molecular weight is 319 g/mol. The number of ether oxygens (including phenoxy) is 4. The van der Waals surface area contributed by atoms with Crippen LogP contribution < -0.4 is 5.32 Å². The van der Waals surface area contributed by atoms with Crippen LogP contribution in [0.3, 0.4) is 0 Å². The van der Waals surface area contributed by atoms with Gasteiger partial charge in [0.1, 0.15) is 24.9 Å². The summed E-state index contributed by atoms with van der Waals surface area (Å²) in [6, 6.07) is -1.00. The molecule has 22 heavy (non-hydrogen) atoms. The van der Waals surface area contributed by atoms with E-state index in [4.69, 9.17) is 18.9 Å². The number of esters is 2. The molecule has 1 rings (SSSR count). The van der Waals surface area contributed by atoms with Gasteiger partial charge in [-0.15, -0.1) is 0 Å². The van der Waals surface area contributed by atoms with Gasteiger partial charge in [0.25, 0.3) is 0 Å². The van der Waals surface area contributed by atoms with Crippen molar-refractivity contribution < 1.29 is 38.4 Å². The molecule has 9 heteroatoms. The van der Waals surface area contributed by atoms with Gasteiger partial charge in [0, 0.05) is 27.9 Å². The Morgan fingerprint density at radius 3 is 2.23 bits per heavy atom. The van der Waals surface area contributed by atoms with E-state index < -0.39 is 48.5 Å². The van der Waals surface area contributed by atoms with Crippen molar-refractivity contribution in [2.24, 2.45) is 0 Å². The maximum absolute atomic E-state index is 11.3. The third-order valence-electron chi connectivity index (χ3n) is 3.06. The van der Waals surface area contributed by atoms with E-state index in [1.807, 2.05) is 0 Å². The second-order valence-corrected chi connectivity index (χ2v) is 4.87. The lowest BCUT2D eigenvalue weighted by Gasteiger charge is -2.43. The summed E-state index contributed by atoms with van der Waals surface area (Å²) in [6.45, 7) is 3.49. The van der Waals surface area contributed by atoms with Gasteiger partial charge >= 0.3 is 11.9 Å². The third-order valence-corrected chi connectivity index (χ3v) is 3.06. The van der Waals surface area contributed by atoms with Gasteiger partial charge in [0.2, 0.25) is 5.91 Å². The van der Waals surface area contributed by atoms with Crippen LogP contribution in [0, 0.1) is 0 Å². The van der Waals surface area contributed by atoms with Gasteiger partial charge in [-0.25, -0.2) is 0 Å². The van der Waals surface area contributed by atoms with Crippen LogP contribution in [0.1, 0.15) is 20.8 Å². The quantitative estimate of drug-likeness (QED) is 0.601. The van der Waals surface area contributed by atoms with Crippen molar-refractivity contribution >= 4 is 17.8 Å². The molecule has 9 nitrogen and oxygen atoms in total. The first-order valence-corrected chi connectivity index (χ1v) is 6.70. The fourth-order valence-corrected chi connectivity index (χ4v) is 2.26. The van der Waals surface area contributed by atoms with Gasteiger partial charge in [-0.05, 0) is 0 Å². The van der Waals surface area contributed by atoms with Crippen LogP contribution in [0.15, 0.2) is 0 Å². The molecule has 0 aromatic heterocycles. The summed E-state index contributed by atoms with van der Waals surface area (Å²) in [7, 11) is 1.35. The van der Waals surface area contributed by atoms with Gasteiger partial charge in [0.05, 0.1) is 0 Å². The SMILES string of the molecule is CO[C@@H]1[C@H](OC(C)=O)[C@@H](NC(C)=O)[C@@H](O)O[C@@H]1COC(C)=O. The number of aliphatic hydroxyl groups is 1. The molecule has 1 aliphatic rings. The van der Waals surface area contributed by atoms with Gasteiger partial charge in [-0.3, -0.25) is 14.4 Å². The van der Waals surface area contributed by atoms with Crippen molar-refractivity contribution in [1.29, 1.82) is 0 Å². The number of hydrogen-bond acceptors (Lipinski definition) is 8. The molecule has 1 heterocycles. The number of methoxy groups -OCH3 is 1. The zero-order valence-corrected chi connectivity index (χ0v) is 12.9. The summed E-state index contributed by atoms with van der Waals surface area (Å²) in [5, 5.41) is 12.5. The van der Waals surface area contributed by atoms with Crippen LogP contribution in [0.5, 0.6) is 0 Å². The molecule has 0 radical (unpaired) electrons. The van der Waals surface area contributed by atoms with Crippen LogP contribution in [-0.2, 0) is 33.3 Å². The molecule has 1 fully saturated rings. The topological polar surface area (TPSA) is 120 Å². The fraction of sp³-hybridized carbons (Fsp3) is 0.769. The molecule has 1 saturated heterocycles. The summed E-state index contributed by atoms with van der Waals surface area (Å²) >= 11 is 0. The number of hydrogen-bond donors (Lipinski definition) is 2. The molecule has 0 aromatic carbocycles. The van der Waals surface area contributed by atoms with Crippen molar-refractivity contribution in [2.45, 2.75) is 51.4 Å². The maximum atomic E-state index is 11.3. The molecule has 0 aliphatic carbocycles. The number of nitrogens with one attached hydrogen (secondary N) is 1. The Bertz CT molecular complexity index is 426. The minimum atomic E-state index is -1.44. The van der Waals surface area contributed by atoms with E-state index in [0.29, 0.717) is 0 Å². The molecule has 0 spiro atoms. The monoisotopic (exact) mass is 319 g/mol. The van der Waals surface area contributed by atoms with Crippen LogP contribution in [0.4, 0.5) is 0 Å². The first-order valence-electron chi connectivity index (χ1n) is 6.70. The van der Waals surface area contributed by atoms with Crippen LogP contribution in [0.25, 0.3) is 0 Å². The fourth-order valence-electron chi connectivity index (χ4n) is 2.26. The Kier molecular flexibility index (Phi) is 6.72. The molecule has 1 aliphatic heterocycles. The highest BCUT2D eigenvalue weighted by atomic mass is 16.7. The summed E-state index contributed by atoms with van der Waals surface area (Å²) in [4.78, 5) is 33.4. The van der Waals surface area contributed by atoms with E-state index in [1.54, 1.807) is 0 Å². The Hall–Kier alpha value is -1.71. The van der Waals surface area contributed by atoms with Gasteiger partial charge in [-0.1, -0.05) is 0 Å². The second-order valence-electron chi connectivity index (χ2n) is 4.87. The summed E-state index contributed by atoms with van der Waals surface area (Å²) < 4.78 is 20.6. The van der Waals surface area contributed by atoms with E-state index in [2.05, 4.69) is 5.32 Å². The first-order chi connectivity index (χ1) is 10.3. The van der Waals surface area contributed by atoms with Crippen LogP contribution in [0.2, 0.25) is 0 Å². The molecule has 5 atom stereocenters. The van der Waals surface area contributed by atoms with E-state index in [1.165, 1.54) is 27.9 Å². The highest BCUT2D eigenvalue weighted by Crippen LogP contribution is 2.25. The Morgan fingerprint density at radius 1 is 1.14 bits per heavy atom. The third kappa shape index (κ3) is 4.93. The molecule has 0 aromatic rings. The Labute approximate surface area is 127 Å². The lowest BCUT2D eigenvalue weighted by molar-refractivity contribution is -0.264. The predicted molar refractivity (Wildman–Crippen MR) is 71.5 cm³/mol. The minimum absolute atomic E-state index is 0.185. The second kappa shape index (κ2) is 8.06. The molecule has 0 saturated carbocycles. The maximum Gasteiger partial charge on any atom is 0.303 e. The summed E-state index contributed by atoms with van der Waals surface area (Å²) in [6.07, 6.45) is -4.11. The van der Waals surface area contributed by atoms with Crippen molar-refractivity contribution in [3.63, 3.8) is 0 Å². The summed E-state index contributed by atoms with van der Waals surface area (Å²) in [5.41, 5.74) is 0. The Balaban J connectivity index is 2.96. The van der Waals surface area contributed by atoms with Crippen LogP contribution in [-0.4, -0.2) is 67.3 Å². The largest absolute Gasteiger partial charge is 0.463 e. The van der Waals surface area contributed by atoms with E-state index in [-0.39, 0.29) is 6.61 Å². The molecule has 2 N–H and O–H groups in total. The van der Waals surface area contributed by atoms with Crippen molar-refractivity contribution in [3.05, 3.63) is 0 Å². The summed E-state index contributed by atoms with van der Waals surface area (Å²) in [5.74, 6) is -1.57. The number of rotatable bonds is 5. The lowest BCUT2D eigenvalue weighted by Crippen LogP contribution is -2.65.